The molecule has 2 aromatic carbocycles. The van der Waals surface area contributed by atoms with Crippen LogP contribution in [0.3, 0.4) is 0 Å². The van der Waals surface area contributed by atoms with E-state index in [0.717, 1.165) is 12.1 Å². The first-order valence-electron chi connectivity index (χ1n) is 7.47. The molecule has 0 aliphatic carbocycles. The monoisotopic (exact) mass is 383 g/mol. The lowest BCUT2D eigenvalue weighted by Gasteiger charge is -2.14. The molecule has 136 valence electrons. The molecule has 2 N–H and O–H groups in total. The van der Waals surface area contributed by atoms with Gasteiger partial charge in [0.1, 0.15) is 5.75 Å². The molecule has 0 saturated carbocycles. The van der Waals surface area contributed by atoms with Gasteiger partial charge in [-0.3, -0.25) is 4.79 Å². The third kappa shape index (κ3) is 3.15. The van der Waals surface area contributed by atoms with Crippen molar-refractivity contribution in [3.63, 3.8) is 0 Å². The van der Waals surface area contributed by atoms with E-state index in [1.807, 2.05) is 0 Å². The van der Waals surface area contributed by atoms with Crippen LogP contribution in [0.4, 0.5) is 13.2 Å². The summed E-state index contributed by atoms with van der Waals surface area (Å²) in [5.41, 5.74) is -0.658. The van der Waals surface area contributed by atoms with Gasteiger partial charge in [-0.1, -0.05) is 23.7 Å². The van der Waals surface area contributed by atoms with Crippen LogP contribution in [-0.4, -0.2) is 17.2 Å². The molecule has 0 bridgehead atoms. The third-order valence-electron chi connectivity index (χ3n) is 4.04. The third-order valence-corrected chi connectivity index (χ3v) is 4.35. The van der Waals surface area contributed by atoms with Crippen molar-refractivity contribution >= 4 is 22.5 Å². The Bertz CT molecular complexity index is 1040. The molecular formula is C18H13ClF3NO3. The number of nitrogens with one attached hydrogen (secondary N) is 1. The topological polar surface area (TPSA) is 62.3 Å². The van der Waals surface area contributed by atoms with Gasteiger partial charge in [-0.15, -0.1) is 0 Å². The molecule has 0 saturated heterocycles. The molecular weight excluding hydrogens is 371 g/mol. The Morgan fingerprint density at radius 3 is 2.54 bits per heavy atom. The highest BCUT2D eigenvalue weighted by Crippen LogP contribution is 2.37. The summed E-state index contributed by atoms with van der Waals surface area (Å²) in [5, 5.41) is 10.3. The number of methoxy groups -OCH3 is 1. The number of aromatic amines is 1. The number of hydrogen-bond acceptors (Lipinski definition) is 3. The van der Waals surface area contributed by atoms with Crippen LogP contribution in [-0.2, 0) is 12.8 Å². The lowest BCUT2D eigenvalue weighted by atomic mass is 9.95. The molecule has 0 fully saturated rings. The zero-order chi connectivity index (χ0) is 19.1. The molecule has 0 amide bonds. The van der Waals surface area contributed by atoms with E-state index in [2.05, 4.69) is 4.98 Å². The number of alkyl halides is 3. The van der Waals surface area contributed by atoms with Gasteiger partial charge in [-0.05, 0) is 29.8 Å². The quantitative estimate of drug-likeness (QED) is 0.706. The first kappa shape index (κ1) is 18.3. The number of hydrogen-bond donors (Lipinski definition) is 2. The van der Waals surface area contributed by atoms with Crippen LogP contribution in [0.15, 0.2) is 41.2 Å². The van der Waals surface area contributed by atoms with Gasteiger partial charge < -0.3 is 14.8 Å². The number of aromatic nitrogens is 1. The largest absolute Gasteiger partial charge is 0.495 e. The van der Waals surface area contributed by atoms with Gasteiger partial charge in [0.25, 0.3) is 5.56 Å². The number of benzene rings is 2. The van der Waals surface area contributed by atoms with Crippen LogP contribution < -0.4 is 10.3 Å². The second-order valence-electron chi connectivity index (χ2n) is 5.57. The summed E-state index contributed by atoms with van der Waals surface area (Å²) in [6.45, 7) is -0.577. The van der Waals surface area contributed by atoms with Crippen molar-refractivity contribution in [1.82, 2.24) is 4.98 Å². The number of aliphatic hydroxyl groups excluding tert-OH is 1. The van der Waals surface area contributed by atoms with Crippen LogP contribution in [0.1, 0.15) is 11.1 Å². The van der Waals surface area contributed by atoms with Crippen molar-refractivity contribution < 1.29 is 23.0 Å². The van der Waals surface area contributed by atoms with E-state index in [0.29, 0.717) is 27.3 Å². The van der Waals surface area contributed by atoms with Crippen molar-refractivity contribution in [2.75, 3.05) is 7.11 Å². The van der Waals surface area contributed by atoms with Gasteiger partial charge in [0, 0.05) is 16.5 Å². The molecule has 1 aromatic heterocycles. The molecule has 0 atom stereocenters. The molecule has 3 aromatic rings. The Labute approximate surface area is 150 Å². The minimum Gasteiger partial charge on any atom is -0.495 e. The summed E-state index contributed by atoms with van der Waals surface area (Å²) in [7, 11) is 1.42. The fraction of sp³-hybridized carbons (Fsp3) is 0.167. The number of rotatable bonds is 3. The summed E-state index contributed by atoms with van der Waals surface area (Å²) in [4.78, 5) is 14.7. The summed E-state index contributed by atoms with van der Waals surface area (Å²) in [6.07, 6.45) is -4.54. The van der Waals surface area contributed by atoms with Gasteiger partial charge in [0.15, 0.2) is 0 Å². The average molecular weight is 384 g/mol. The Balaban J connectivity index is 2.37. The minimum absolute atomic E-state index is 0.0194. The molecule has 26 heavy (non-hydrogen) atoms. The van der Waals surface area contributed by atoms with Crippen molar-refractivity contribution in [1.29, 1.82) is 0 Å². The fourth-order valence-electron chi connectivity index (χ4n) is 2.81. The number of halogens is 4. The second kappa shape index (κ2) is 6.66. The van der Waals surface area contributed by atoms with Crippen LogP contribution >= 0.6 is 11.6 Å². The number of H-pyrrole nitrogens is 1. The highest BCUT2D eigenvalue weighted by molar-refractivity contribution is 6.32. The molecule has 0 aliphatic rings. The first-order valence-corrected chi connectivity index (χ1v) is 7.85. The zero-order valence-electron chi connectivity index (χ0n) is 13.4. The molecule has 0 aliphatic heterocycles. The van der Waals surface area contributed by atoms with Crippen molar-refractivity contribution in [2.24, 2.45) is 0 Å². The van der Waals surface area contributed by atoms with Gasteiger partial charge in [0.2, 0.25) is 0 Å². The van der Waals surface area contributed by atoms with Crippen LogP contribution in [0.25, 0.3) is 22.0 Å². The van der Waals surface area contributed by atoms with E-state index in [1.165, 1.54) is 13.2 Å². The summed E-state index contributed by atoms with van der Waals surface area (Å²) in [6, 6.07) is 7.79. The molecule has 4 nitrogen and oxygen atoms in total. The summed E-state index contributed by atoms with van der Waals surface area (Å²) in [5.74, 6) is 0.341. The van der Waals surface area contributed by atoms with Crippen LogP contribution in [0.5, 0.6) is 5.75 Å². The highest BCUT2D eigenvalue weighted by atomic mass is 35.5. The maximum Gasteiger partial charge on any atom is 0.416 e. The van der Waals surface area contributed by atoms with Crippen molar-refractivity contribution in [3.05, 3.63) is 62.9 Å². The lowest BCUT2D eigenvalue weighted by molar-refractivity contribution is -0.137. The van der Waals surface area contributed by atoms with E-state index >= 15 is 0 Å². The van der Waals surface area contributed by atoms with Gasteiger partial charge >= 0.3 is 6.18 Å². The molecule has 0 radical (unpaired) electrons. The molecule has 8 heteroatoms. The Morgan fingerprint density at radius 2 is 1.92 bits per heavy atom. The minimum atomic E-state index is -4.54. The Morgan fingerprint density at radius 1 is 1.19 bits per heavy atom. The van der Waals surface area contributed by atoms with Gasteiger partial charge in [0.05, 0.1) is 29.9 Å². The van der Waals surface area contributed by atoms with Gasteiger partial charge in [-0.2, -0.15) is 13.2 Å². The summed E-state index contributed by atoms with van der Waals surface area (Å²) < 4.78 is 44.1. The zero-order valence-corrected chi connectivity index (χ0v) is 14.2. The fourth-order valence-corrected chi connectivity index (χ4v) is 3.01. The van der Waals surface area contributed by atoms with E-state index in [1.54, 1.807) is 18.2 Å². The second-order valence-corrected chi connectivity index (χ2v) is 5.98. The average Bonchev–Trinajstić information content (AvgIpc) is 2.59. The Hall–Kier alpha value is -2.51. The highest BCUT2D eigenvalue weighted by Gasteiger charge is 2.31. The number of fused-ring (bicyclic) bond motifs is 1. The molecule has 0 spiro atoms. The van der Waals surface area contributed by atoms with E-state index in [-0.39, 0.29) is 11.1 Å². The SMILES string of the molecule is COc1cc(-c2c(CO)c(=O)[nH]c3cc(C(F)(F)F)ccc23)ccc1Cl. The maximum atomic E-state index is 13.0. The maximum absolute atomic E-state index is 13.0. The first-order chi connectivity index (χ1) is 12.3. The predicted octanol–water partition coefficient (Wildman–Crippen LogP) is 4.37. The Kier molecular flexibility index (Phi) is 4.68. The number of aliphatic hydroxyl groups is 1. The van der Waals surface area contributed by atoms with Crippen molar-refractivity contribution in [3.8, 4) is 16.9 Å². The summed E-state index contributed by atoms with van der Waals surface area (Å²) >= 11 is 6.01. The number of pyridine rings is 1. The standard InChI is InChI=1S/C18H13ClF3NO3/c1-26-15-6-9(2-5-13(15)19)16-11-4-3-10(18(20,21)22)7-14(11)23-17(25)12(16)8-24/h2-7,24H,8H2,1H3,(H,23,25). The normalized spacial score (nSPS) is 11.8. The molecule has 0 unspecified atom stereocenters. The smallest absolute Gasteiger partial charge is 0.416 e. The van der Waals surface area contributed by atoms with Gasteiger partial charge in [-0.25, -0.2) is 0 Å². The van der Waals surface area contributed by atoms with E-state index in [4.69, 9.17) is 16.3 Å². The van der Waals surface area contributed by atoms with E-state index in [9.17, 15) is 23.1 Å². The van der Waals surface area contributed by atoms with E-state index < -0.39 is 23.9 Å². The van der Waals surface area contributed by atoms with Crippen molar-refractivity contribution in [2.45, 2.75) is 12.8 Å². The van der Waals surface area contributed by atoms with Crippen LogP contribution in [0, 0.1) is 0 Å². The molecule has 1 heterocycles. The number of ether oxygens (including phenoxy) is 1. The molecule has 3 rings (SSSR count). The predicted molar refractivity (Wildman–Crippen MR) is 92.5 cm³/mol. The lowest BCUT2D eigenvalue weighted by Crippen LogP contribution is -2.15. The van der Waals surface area contributed by atoms with Crippen LogP contribution in [0.2, 0.25) is 5.02 Å².